The second-order valence-corrected chi connectivity index (χ2v) is 5.77. The zero-order chi connectivity index (χ0) is 12.3. The maximum absolute atomic E-state index is 8.95. The van der Waals surface area contributed by atoms with Crippen LogP contribution in [0, 0.1) is 17.2 Å². The van der Waals surface area contributed by atoms with Gasteiger partial charge in [0.05, 0.1) is 11.6 Å². The Balaban J connectivity index is 2.12. The molecule has 1 aliphatic rings. The molecule has 2 unspecified atom stereocenters. The van der Waals surface area contributed by atoms with Gasteiger partial charge < -0.3 is 5.32 Å². The lowest BCUT2D eigenvalue weighted by atomic mass is 9.86. The minimum absolute atomic E-state index is 0.546. The molecule has 0 saturated heterocycles. The highest BCUT2D eigenvalue weighted by Gasteiger charge is 2.20. The van der Waals surface area contributed by atoms with Crippen molar-refractivity contribution in [1.29, 1.82) is 5.26 Å². The summed E-state index contributed by atoms with van der Waals surface area (Å²) in [5.41, 5.74) is 1.75. The van der Waals surface area contributed by atoms with E-state index in [0.717, 1.165) is 10.2 Å². The average Bonchev–Trinajstić information content (AvgIpc) is 2.31. The van der Waals surface area contributed by atoms with Crippen LogP contribution in [0.25, 0.3) is 0 Å². The van der Waals surface area contributed by atoms with Crippen molar-refractivity contribution in [3.63, 3.8) is 0 Å². The maximum Gasteiger partial charge on any atom is 0.0992 e. The smallest absolute Gasteiger partial charge is 0.0992 e. The number of hydrogen-bond donors (Lipinski definition) is 1. The van der Waals surface area contributed by atoms with E-state index in [9.17, 15) is 0 Å². The molecule has 2 atom stereocenters. The summed E-state index contributed by atoms with van der Waals surface area (Å²) < 4.78 is 0.961. The normalized spacial score (nSPS) is 24.1. The standard InChI is InChI=1S/C14H17BrN2/c1-10-4-2-3-5-14(10)17-13-7-11(9-16)6-12(15)8-13/h6-8,10,14,17H,2-5H2,1H3. The lowest BCUT2D eigenvalue weighted by Crippen LogP contribution is -2.30. The van der Waals surface area contributed by atoms with Crippen LogP contribution in [-0.2, 0) is 0 Å². The lowest BCUT2D eigenvalue weighted by molar-refractivity contribution is 0.349. The van der Waals surface area contributed by atoms with Gasteiger partial charge in [0.25, 0.3) is 0 Å². The molecule has 1 fully saturated rings. The van der Waals surface area contributed by atoms with Crippen molar-refractivity contribution in [2.75, 3.05) is 5.32 Å². The zero-order valence-corrected chi connectivity index (χ0v) is 11.6. The van der Waals surface area contributed by atoms with Gasteiger partial charge in [0.2, 0.25) is 0 Å². The second kappa shape index (κ2) is 5.55. The summed E-state index contributed by atoms with van der Waals surface area (Å²) in [6.07, 6.45) is 5.19. The Hall–Kier alpha value is -1.01. The fourth-order valence-electron chi connectivity index (χ4n) is 2.48. The van der Waals surface area contributed by atoms with Crippen LogP contribution in [0.4, 0.5) is 5.69 Å². The molecule has 0 aliphatic heterocycles. The zero-order valence-electron chi connectivity index (χ0n) is 10.0. The second-order valence-electron chi connectivity index (χ2n) is 4.85. The Morgan fingerprint density at radius 2 is 2.06 bits per heavy atom. The molecule has 1 aromatic rings. The maximum atomic E-state index is 8.95. The SMILES string of the molecule is CC1CCCCC1Nc1cc(Br)cc(C#N)c1. The van der Waals surface area contributed by atoms with E-state index in [1.165, 1.54) is 25.7 Å². The highest BCUT2D eigenvalue weighted by molar-refractivity contribution is 9.10. The number of anilines is 1. The molecule has 1 N–H and O–H groups in total. The van der Waals surface area contributed by atoms with E-state index >= 15 is 0 Å². The predicted octanol–water partition coefficient (Wildman–Crippen LogP) is 4.31. The van der Waals surface area contributed by atoms with Gasteiger partial charge in [0.1, 0.15) is 0 Å². The number of benzene rings is 1. The molecule has 0 aromatic heterocycles. The molecule has 0 bridgehead atoms. The Morgan fingerprint density at radius 3 is 2.76 bits per heavy atom. The third kappa shape index (κ3) is 3.23. The van der Waals surface area contributed by atoms with Crippen LogP contribution < -0.4 is 5.32 Å². The number of rotatable bonds is 2. The number of hydrogen-bond acceptors (Lipinski definition) is 2. The molecule has 2 rings (SSSR count). The van der Waals surface area contributed by atoms with E-state index in [0.29, 0.717) is 17.5 Å². The first-order valence-corrected chi connectivity index (χ1v) is 6.95. The lowest BCUT2D eigenvalue weighted by Gasteiger charge is -2.30. The van der Waals surface area contributed by atoms with Gasteiger partial charge in [0, 0.05) is 16.2 Å². The van der Waals surface area contributed by atoms with Gasteiger partial charge in [-0.2, -0.15) is 5.26 Å². The Morgan fingerprint density at radius 1 is 1.29 bits per heavy atom. The van der Waals surface area contributed by atoms with Crippen molar-refractivity contribution in [2.45, 2.75) is 38.6 Å². The first kappa shape index (κ1) is 12.4. The molecule has 0 heterocycles. The van der Waals surface area contributed by atoms with Gasteiger partial charge in [-0.15, -0.1) is 0 Å². The van der Waals surface area contributed by atoms with Crippen LogP contribution >= 0.6 is 15.9 Å². The first-order valence-electron chi connectivity index (χ1n) is 6.16. The summed E-state index contributed by atoms with van der Waals surface area (Å²) in [5, 5.41) is 12.5. The van der Waals surface area contributed by atoms with Crippen molar-refractivity contribution >= 4 is 21.6 Å². The summed E-state index contributed by atoms with van der Waals surface area (Å²) in [7, 11) is 0. The molecule has 0 amide bonds. The van der Waals surface area contributed by atoms with Gasteiger partial charge >= 0.3 is 0 Å². The summed E-state index contributed by atoms with van der Waals surface area (Å²) in [6, 6.07) is 8.54. The minimum atomic E-state index is 0.546. The van der Waals surface area contributed by atoms with Crippen molar-refractivity contribution in [3.8, 4) is 6.07 Å². The van der Waals surface area contributed by atoms with E-state index in [1.54, 1.807) is 0 Å². The fraction of sp³-hybridized carbons (Fsp3) is 0.500. The quantitative estimate of drug-likeness (QED) is 0.882. The largest absolute Gasteiger partial charge is 0.382 e. The van der Waals surface area contributed by atoms with Crippen LogP contribution in [0.15, 0.2) is 22.7 Å². The Kier molecular flexibility index (Phi) is 4.06. The number of nitrogens with one attached hydrogen (secondary N) is 1. The van der Waals surface area contributed by atoms with Gasteiger partial charge in [-0.3, -0.25) is 0 Å². The molecule has 1 saturated carbocycles. The molecule has 0 spiro atoms. The molecule has 3 heteroatoms. The molecule has 17 heavy (non-hydrogen) atoms. The summed E-state index contributed by atoms with van der Waals surface area (Å²) in [6.45, 7) is 2.31. The van der Waals surface area contributed by atoms with Gasteiger partial charge in [0.15, 0.2) is 0 Å². The number of halogens is 1. The van der Waals surface area contributed by atoms with E-state index in [1.807, 2.05) is 18.2 Å². The van der Waals surface area contributed by atoms with E-state index in [4.69, 9.17) is 5.26 Å². The number of nitrogens with zero attached hydrogens (tertiary/aromatic N) is 1. The molecule has 0 radical (unpaired) electrons. The van der Waals surface area contributed by atoms with Gasteiger partial charge in [-0.25, -0.2) is 0 Å². The van der Waals surface area contributed by atoms with E-state index in [-0.39, 0.29) is 0 Å². The summed E-state index contributed by atoms with van der Waals surface area (Å²) >= 11 is 3.44. The monoisotopic (exact) mass is 292 g/mol. The van der Waals surface area contributed by atoms with Crippen LogP contribution in [0.5, 0.6) is 0 Å². The highest BCUT2D eigenvalue weighted by Crippen LogP contribution is 2.28. The third-order valence-corrected chi connectivity index (χ3v) is 3.95. The Bertz CT molecular complexity index is 436. The van der Waals surface area contributed by atoms with Gasteiger partial charge in [-0.1, -0.05) is 35.7 Å². The predicted molar refractivity (Wildman–Crippen MR) is 73.9 cm³/mol. The van der Waals surface area contributed by atoms with Crippen molar-refractivity contribution < 1.29 is 0 Å². The first-order chi connectivity index (χ1) is 8.19. The molecule has 90 valence electrons. The average molecular weight is 293 g/mol. The van der Waals surface area contributed by atoms with Crippen LogP contribution in [-0.4, -0.2) is 6.04 Å². The van der Waals surface area contributed by atoms with Crippen LogP contribution in [0.2, 0.25) is 0 Å². The molecular formula is C14H17BrN2. The minimum Gasteiger partial charge on any atom is -0.382 e. The Labute approximate surface area is 111 Å². The molecule has 1 aromatic carbocycles. The van der Waals surface area contributed by atoms with Crippen LogP contribution in [0.1, 0.15) is 38.2 Å². The van der Waals surface area contributed by atoms with Crippen LogP contribution in [0.3, 0.4) is 0 Å². The molecule has 1 aliphatic carbocycles. The molecule has 2 nitrogen and oxygen atoms in total. The highest BCUT2D eigenvalue weighted by atomic mass is 79.9. The van der Waals surface area contributed by atoms with Crippen molar-refractivity contribution in [2.24, 2.45) is 5.92 Å². The van der Waals surface area contributed by atoms with Crippen molar-refractivity contribution in [1.82, 2.24) is 0 Å². The summed E-state index contributed by atoms with van der Waals surface area (Å²) in [4.78, 5) is 0. The third-order valence-electron chi connectivity index (χ3n) is 3.49. The fourth-order valence-corrected chi connectivity index (χ4v) is 2.98. The summed E-state index contributed by atoms with van der Waals surface area (Å²) in [5.74, 6) is 0.716. The van der Waals surface area contributed by atoms with Crippen molar-refractivity contribution in [3.05, 3.63) is 28.2 Å². The molecular weight excluding hydrogens is 276 g/mol. The number of nitriles is 1. The topological polar surface area (TPSA) is 35.8 Å². The van der Waals surface area contributed by atoms with Gasteiger partial charge in [-0.05, 0) is 37.0 Å². The van der Waals surface area contributed by atoms with E-state index in [2.05, 4.69) is 34.2 Å². The van der Waals surface area contributed by atoms with E-state index < -0.39 is 0 Å².